The van der Waals surface area contributed by atoms with Crippen LogP contribution in [0.15, 0.2) is 47.4 Å². The Labute approximate surface area is 173 Å². The van der Waals surface area contributed by atoms with Crippen molar-refractivity contribution in [3.05, 3.63) is 76.2 Å². The number of rotatable bonds is 3. The fourth-order valence-corrected chi connectivity index (χ4v) is 4.45. The van der Waals surface area contributed by atoms with Crippen molar-refractivity contribution in [3.63, 3.8) is 0 Å². The van der Waals surface area contributed by atoms with Crippen molar-refractivity contribution in [2.45, 2.75) is 12.5 Å². The van der Waals surface area contributed by atoms with E-state index in [1.54, 1.807) is 15.8 Å². The molecule has 0 bridgehead atoms. The largest absolute Gasteiger partial charge is 0.355 e. The summed E-state index contributed by atoms with van der Waals surface area (Å²) in [6.07, 6.45) is 5.54. The molecule has 0 spiro atoms. The van der Waals surface area contributed by atoms with Crippen LogP contribution >= 0.6 is 11.5 Å². The molecule has 4 heterocycles. The Morgan fingerprint density at radius 2 is 2.13 bits per heavy atom. The summed E-state index contributed by atoms with van der Waals surface area (Å²) in [5, 5.41) is 8.06. The van der Waals surface area contributed by atoms with Crippen LogP contribution < -0.4 is 0 Å². The van der Waals surface area contributed by atoms with Crippen molar-refractivity contribution in [2.24, 2.45) is 7.05 Å². The lowest BCUT2D eigenvalue weighted by Crippen LogP contribution is -2.38. The number of hydrogen-bond acceptors (Lipinski definition) is 6. The number of carbonyl (C=O) groups is 1. The standard InChI is InChI=1S/C20H15F2N5O2S/c1-26-8-11(6-23-26)15-9-27(10-19-14(15)7-24-30-19)20(28)17-5-18(29-25-17)13-3-2-12(21)4-16(13)22/h2-8,15H,9-10H2,1H3. The molecule has 4 aromatic rings. The first kappa shape index (κ1) is 18.6. The zero-order valence-corrected chi connectivity index (χ0v) is 16.6. The highest BCUT2D eigenvalue weighted by atomic mass is 32.1. The zero-order chi connectivity index (χ0) is 20.8. The molecule has 5 rings (SSSR count). The fraction of sp³-hybridized carbons (Fsp3) is 0.200. The van der Waals surface area contributed by atoms with Gasteiger partial charge in [-0.25, -0.2) is 13.2 Å². The molecule has 0 N–H and O–H groups in total. The number of halogens is 2. The Morgan fingerprint density at radius 1 is 1.27 bits per heavy atom. The van der Waals surface area contributed by atoms with E-state index in [4.69, 9.17) is 4.52 Å². The summed E-state index contributed by atoms with van der Waals surface area (Å²) in [7, 11) is 1.84. The summed E-state index contributed by atoms with van der Waals surface area (Å²) in [6.45, 7) is 0.839. The molecular weight excluding hydrogens is 412 g/mol. The highest BCUT2D eigenvalue weighted by Gasteiger charge is 2.33. The predicted octanol–water partition coefficient (Wildman–Crippen LogP) is 3.60. The summed E-state index contributed by atoms with van der Waals surface area (Å²) >= 11 is 1.35. The van der Waals surface area contributed by atoms with Crippen molar-refractivity contribution in [2.75, 3.05) is 6.54 Å². The van der Waals surface area contributed by atoms with E-state index in [2.05, 4.69) is 14.6 Å². The second kappa shape index (κ2) is 7.13. The Balaban J connectivity index is 1.44. The number of hydrogen-bond donors (Lipinski definition) is 0. The molecule has 1 amide bonds. The fourth-order valence-electron chi connectivity index (χ4n) is 3.65. The van der Waals surface area contributed by atoms with Crippen LogP contribution in [0.2, 0.25) is 0 Å². The molecule has 3 aromatic heterocycles. The Hall–Kier alpha value is -3.40. The average Bonchev–Trinajstić information content (AvgIpc) is 3.47. The highest BCUT2D eigenvalue weighted by molar-refractivity contribution is 7.05. The minimum atomic E-state index is -0.783. The highest BCUT2D eigenvalue weighted by Crippen LogP contribution is 2.36. The first-order valence-electron chi connectivity index (χ1n) is 9.13. The molecule has 30 heavy (non-hydrogen) atoms. The maximum Gasteiger partial charge on any atom is 0.276 e. The topological polar surface area (TPSA) is 77.0 Å². The van der Waals surface area contributed by atoms with Crippen molar-refractivity contribution in [3.8, 4) is 11.3 Å². The maximum atomic E-state index is 14.0. The summed E-state index contributed by atoms with van der Waals surface area (Å²) in [6, 6.07) is 4.51. The first-order chi connectivity index (χ1) is 14.5. The molecule has 0 aliphatic carbocycles. The Kier molecular flexibility index (Phi) is 4.43. The monoisotopic (exact) mass is 427 g/mol. The second-order valence-corrected chi connectivity index (χ2v) is 7.98. The molecule has 0 fully saturated rings. The molecule has 1 aliphatic heterocycles. The molecule has 1 atom stereocenters. The van der Waals surface area contributed by atoms with Gasteiger partial charge in [-0.1, -0.05) is 5.16 Å². The lowest BCUT2D eigenvalue weighted by Gasteiger charge is -2.31. The average molecular weight is 427 g/mol. The van der Waals surface area contributed by atoms with Gasteiger partial charge >= 0.3 is 0 Å². The third-order valence-electron chi connectivity index (χ3n) is 5.13. The second-order valence-electron chi connectivity index (χ2n) is 7.09. The summed E-state index contributed by atoms with van der Waals surface area (Å²) in [4.78, 5) is 15.8. The van der Waals surface area contributed by atoms with Gasteiger partial charge < -0.3 is 9.42 Å². The molecule has 0 radical (unpaired) electrons. The van der Waals surface area contributed by atoms with E-state index in [-0.39, 0.29) is 28.8 Å². The van der Waals surface area contributed by atoms with Gasteiger partial charge in [0.1, 0.15) is 11.6 Å². The van der Waals surface area contributed by atoms with Gasteiger partial charge in [0.2, 0.25) is 0 Å². The predicted molar refractivity (Wildman–Crippen MR) is 104 cm³/mol. The number of benzene rings is 1. The molecule has 7 nitrogen and oxygen atoms in total. The smallest absolute Gasteiger partial charge is 0.276 e. The van der Waals surface area contributed by atoms with Crippen LogP contribution in [0.4, 0.5) is 8.78 Å². The van der Waals surface area contributed by atoms with Crippen LogP contribution in [0.5, 0.6) is 0 Å². The number of fused-ring (bicyclic) bond motifs is 1. The van der Waals surface area contributed by atoms with Crippen LogP contribution in [0.3, 0.4) is 0 Å². The van der Waals surface area contributed by atoms with Crippen molar-refractivity contribution >= 4 is 17.4 Å². The third-order valence-corrected chi connectivity index (χ3v) is 5.93. The molecule has 1 unspecified atom stereocenters. The third kappa shape index (κ3) is 3.18. The quantitative estimate of drug-likeness (QED) is 0.499. The molecular formula is C20H15F2N5O2S. The lowest BCUT2D eigenvalue weighted by atomic mass is 9.91. The summed E-state index contributed by atoms with van der Waals surface area (Å²) in [5.41, 5.74) is 2.18. The van der Waals surface area contributed by atoms with Crippen LogP contribution in [-0.2, 0) is 13.6 Å². The summed E-state index contributed by atoms with van der Waals surface area (Å²) in [5.74, 6) is -1.79. The molecule has 152 valence electrons. The van der Waals surface area contributed by atoms with E-state index < -0.39 is 11.6 Å². The summed E-state index contributed by atoms with van der Waals surface area (Å²) < 4.78 is 38.4. The van der Waals surface area contributed by atoms with Crippen LogP contribution in [0, 0.1) is 11.6 Å². The molecule has 0 saturated heterocycles. The van der Waals surface area contributed by atoms with Crippen molar-refractivity contribution < 1.29 is 18.1 Å². The van der Waals surface area contributed by atoms with Gasteiger partial charge in [-0.15, -0.1) is 0 Å². The van der Waals surface area contributed by atoms with Crippen molar-refractivity contribution in [1.82, 2.24) is 24.2 Å². The van der Waals surface area contributed by atoms with Crippen LogP contribution in [-0.4, -0.2) is 36.7 Å². The van der Waals surface area contributed by atoms with E-state index in [0.29, 0.717) is 13.1 Å². The van der Waals surface area contributed by atoms with Gasteiger partial charge in [0.05, 0.1) is 18.3 Å². The van der Waals surface area contributed by atoms with Gasteiger partial charge in [0.25, 0.3) is 5.91 Å². The Morgan fingerprint density at radius 3 is 2.90 bits per heavy atom. The molecule has 1 aliphatic rings. The van der Waals surface area contributed by atoms with E-state index in [9.17, 15) is 13.6 Å². The van der Waals surface area contributed by atoms with Crippen LogP contribution in [0.1, 0.15) is 32.4 Å². The Bertz CT molecular complexity index is 1250. The van der Waals surface area contributed by atoms with E-state index in [0.717, 1.165) is 28.1 Å². The normalized spacial score (nSPS) is 16.0. The number of nitrogens with zero attached hydrogens (tertiary/aromatic N) is 5. The zero-order valence-electron chi connectivity index (χ0n) is 15.7. The molecule has 10 heteroatoms. The van der Waals surface area contributed by atoms with Gasteiger partial charge in [-0.05, 0) is 34.8 Å². The number of amides is 1. The SMILES string of the molecule is Cn1cc(C2CN(C(=O)c3cc(-c4ccc(F)cc4F)on3)Cc3sncc32)cn1. The van der Waals surface area contributed by atoms with E-state index in [1.165, 1.54) is 23.7 Å². The minimum Gasteiger partial charge on any atom is -0.355 e. The number of aromatic nitrogens is 4. The maximum absolute atomic E-state index is 14.0. The van der Waals surface area contributed by atoms with Crippen LogP contribution in [0.25, 0.3) is 11.3 Å². The van der Waals surface area contributed by atoms with Crippen molar-refractivity contribution in [1.29, 1.82) is 0 Å². The number of aryl methyl sites for hydroxylation is 1. The van der Waals surface area contributed by atoms with Gasteiger partial charge in [-0.2, -0.15) is 5.10 Å². The first-order valence-corrected chi connectivity index (χ1v) is 9.90. The molecule has 0 saturated carbocycles. The van der Waals surface area contributed by atoms with Gasteiger partial charge in [0.15, 0.2) is 11.5 Å². The van der Waals surface area contributed by atoms with E-state index in [1.807, 2.05) is 19.4 Å². The van der Waals surface area contributed by atoms with Gasteiger partial charge in [-0.3, -0.25) is 9.48 Å². The van der Waals surface area contributed by atoms with Gasteiger partial charge in [0, 0.05) is 48.9 Å². The lowest BCUT2D eigenvalue weighted by molar-refractivity contribution is 0.0717. The van der Waals surface area contributed by atoms with E-state index >= 15 is 0 Å². The molecule has 1 aromatic carbocycles. The number of carbonyl (C=O) groups excluding carboxylic acids is 1. The minimum absolute atomic E-state index is 0.0413.